The summed E-state index contributed by atoms with van der Waals surface area (Å²) in [6.07, 6.45) is 11.8. The van der Waals surface area contributed by atoms with Gasteiger partial charge in [0.15, 0.2) is 0 Å². The van der Waals surface area contributed by atoms with Gasteiger partial charge in [0.1, 0.15) is 23.2 Å². The van der Waals surface area contributed by atoms with Gasteiger partial charge in [-0.15, -0.1) is 0 Å². The average Bonchev–Trinajstić information content (AvgIpc) is 2.69. The Bertz CT molecular complexity index is 873. The summed E-state index contributed by atoms with van der Waals surface area (Å²) in [5, 5.41) is 9.84. The van der Waals surface area contributed by atoms with Crippen LogP contribution in [0.1, 0.15) is 68.2 Å². The quantitative estimate of drug-likeness (QED) is 0.602. The SMILES string of the molecule is COc1cc(-c2c(C#N)c(N)nc3c2CCCCCCCCCC3)ccc1Br. The van der Waals surface area contributed by atoms with Crippen molar-refractivity contribution < 1.29 is 4.74 Å². The number of halogens is 1. The van der Waals surface area contributed by atoms with Crippen LogP contribution in [-0.2, 0) is 12.8 Å². The third-order valence-electron chi connectivity index (χ3n) is 5.55. The van der Waals surface area contributed by atoms with Crippen molar-refractivity contribution in [2.75, 3.05) is 12.8 Å². The van der Waals surface area contributed by atoms with E-state index >= 15 is 0 Å². The van der Waals surface area contributed by atoms with Gasteiger partial charge in [0.05, 0.1) is 11.6 Å². The molecule has 0 spiro atoms. The number of benzene rings is 1. The molecule has 0 saturated heterocycles. The van der Waals surface area contributed by atoms with Crippen molar-refractivity contribution in [1.82, 2.24) is 4.98 Å². The Morgan fingerprint density at radius 1 is 1.04 bits per heavy atom. The van der Waals surface area contributed by atoms with Crippen LogP contribution in [0.2, 0.25) is 0 Å². The van der Waals surface area contributed by atoms with Crippen LogP contribution in [0.3, 0.4) is 0 Å². The molecule has 0 amide bonds. The summed E-state index contributed by atoms with van der Waals surface area (Å²) in [5.74, 6) is 1.09. The molecule has 1 aromatic heterocycles. The van der Waals surface area contributed by atoms with E-state index in [1.165, 1.54) is 44.1 Å². The van der Waals surface area contributed by atoms with E-state index in [1.54, 1.807) is 7.11 Å². The topological polar surface area (TPSA) is 71.9 Å². The molecule has 0 atom stereocenters. The molecule has 148 valence electrons. The highest BCUT2D eigenvalue weighted by molar-refractivity contribution is 9.10. The molecule has 0 bridgehead atoms. The van der Waals surface area contributed by atoms with E-state index in [4.69, 9.17) is 10.5 Å². The van der Waals surface area contributed by atoms with Gasteiger partial charge in [0.2, 0.25) is 0 Å². The molecule has 0 saturated carbocycles. The van der Waals surface area contributed by atoms with Gasteiger partial charge in [0, 0.05) is 11.3 Å². The predicted molar refractivity (Wildman–Crippen MR) is 117 cm³/mol. The maximum Gasteiger partial charge on any atom is 0.142 e. The lowest BCUT2D eigenvalue weighted by atomic mass is 9.89. The third kappa shape index (κ3) is 4.67. The summed E-state index contributed by atoms with van der Waals surface area (Å²) in [7, 11) is 1.65. The number of pyridine rings is 1. The number of nitriles is 1. The summed E-state index contributed by atoms with van der Waals surface area (Å²) < 4.78 is 6.38. The molecule has 1 aliphatic carbocycles. The zero-order valence-corrected chi connectivity index (χ0v) is 18.1. The smallest absolute Gasteiger partial charge is 0.142 e. The van der Waals surface area contributed by atoms with Crippen molar-refractivity contribution in [3.8, 4) is 22.9 Å². The molecular formula is C23H28BrN3O. The highest BCUT2D eigenvalue weighted by Gasteiger charge is 2.20. The largest absolute Gasteiger partial charge is 0.496 e. The van der Waals surface area contributed by atoms with Gasteiger partial charge in [-0.05, 0) is 64.9 Å². The highest BCUT2D eigenvalue weighted by Crippen LogP contribution is 2.37. The fourth-order valence-electron chi connectivity index (χ4n) is 4.07. The van der Waals surface area contributed by atoms with Crippen molar-refractivity contribution in [2.45, 2.75) is 64.2 Å². The van der Waals surface area contributed by atoms with Gasteiger partial charge in [-0.1, -0.05) is 44.6 Å². The molecule has 5 heteroatoms. The summed E-state index contributed by atoms with van der Waals surface area (Å²) in [6, 6.07) is 8.29. The number of fused-ring (bicyclic) bond motifs is 1. The van der Waals surface area contributed by atoms with Crippen LogP contribution in [0.15, 0.2) is 22.7 Å². The second kappa shape index (κ2) is 9.93. The summed E-state index contributed by atoms with van der Waals surface area (Å²) in [4.78, 5) is 4.67. The number of aryl methyl sites for hydroxylation is 1. The van der Waals surface area contributed by atoms with Gasteiger partial charge < -0.3 is 10.5 Å². The zero-order chi connectivity index (χ0) is 19.9. The standard InChI is InChI=1S/C23H28BrN3O/c1-28-21-14-16(12-13-19(21)24)22-17-10-8-6-4-2-3-5-7-9-11-20(17)27-23(26)18(22)15-25/h12-14H,2-11H2,1H3,(H2,26,27). The summed E-state index contributed by atoms with van der Waals surface area (Å²) in [6.45, 7) is 0. The van der Waals surface area contributed by atoms with Crippen LogP contribution >= 0.6 is 15.9 Å². The minimum atomic E-state index is 0.338. The lowest BCUT2D eigenvalue weighted by molar-refractivity contribution is 0.412. The molecule has 3 rings (SSSR count). The molecule has 2 aromatic rings. The molecule has 0 aliphatic heterocycles. The van der Waals surface area contributed by atoms with E-state index in [0.717, 1.165) is 52.7 Å². The first-order chi connectivity index (χ1) is 13.7. The van der Waals surface area contributed by atoms with E-state index in [2.05, 4.69) is 27.0 Å². The zero-order valence-electron chi connectivity index (χ0n) is 16.6. The number of anilines is 1. The van der Waals surface area contributed by atoms with E-state index in [-0.39, 0.29) is 0 Å². The number of hydrogen-bond acceptors (Lipinski definition) is 4. The third-order valence-corrected chi connectivity index (χ3v) is 6.21. The van der Waals surface area contributed by atoms with Crippen LogP contribution < -0.4 is 10.5 Å². The maximum atomic E-state index is 9.84. The Morgan fingerprint density at radius 3 is 2.32 bits per heavy atom. The van der Waals surface area contributed by atoms with Crippen molar-refractivity contribution in [1.29, 1.82) is 5.26 Å². The van der Waals surface area contributed by atoms with E-state index in [1.807, 2.05) is 18.2 Å². The Balaban J connectivity index is 2.14. The van der Waals surface area contributed by atoms with E-state index in [9.17, 15) is 5.26 Å². The lowest BCUT2D eigenvalue weighted by Crippen LogP contribution is -2.09. The first-order valence-corrected chi connectivity index (χ1v) is 11.0. The Morgan fingerprint density at radius 2 is 1.68 bits per heavy atom. The predicted octanol–water partition coefficient (Wildman–Crippen LogP) is 6.19. The van der Waals surface area contributed by atoms with Crippen LogP contribution in [-0.4, -0.2) is 12.1 Å². The highest BCUT2D eigenvalue weighted by atomic mass is 79.9. The Kier molecular flexibility index (Phi) is 7.33. The monoisotopic (exact) mass is 441 g/mol. The first-order valence-electron chi connectivity index (χ1n) is 10.2. The lowest BCUT2D eigenvalue weighted by Gasteiger charge is -2.19. The molecule has 4 nitrogen and oxygen atoms in total. The first kappa shape index (κ1) is 20.7. The normalized spacial score (nSPS) is 15.6. The summed E-state index contributed by atoms with van der Waals surface area (Å²) in [5.41, 5.74) is 10.9. The molecule has 0 fully saturated rings. The van der Waals surface area contributed by atoms with Gasteiger partial charge >= 0.3 is 0 Å². The molecule has 2 N–H and O–H groups in total. The fourth-order valence-corrected chi connectivity index (χ4v) is 4.48. The molecule has 1 aliphatic rings. The van der Waals surface area contributed by atoms with Gasteiger partial charge in [0.25, 0.3) is 0 Å². The van der Waals surface area contributed by atoms with Gasteiger partial charge in [-0.25, -0.2) is 4.98 Å². The number of hydrogen-bond donors (Lipinski definition) is 1. The maximum absolute atomic E-state index is 9.84. The molecule has 1 aromatic carbocycles. The number of nitrogen functional groups attached to an aromatic ring is 1. The van der Waals surface area contributed by atoms with Gasteiger partial charge in [-0.2, -0.15) is 5.26 Å². The number of nitrogens with two attached hydrogens (primary N) is 1. The van der Waals surface area contributed by atoms with E-state index in [0.29, 0.717) is 11.4 Å². The molecule has 1 heterocycles. The van der Waals surface area contributed by atoms with Crippen LogP contribution in [0, 0.1) is 11.3 Å². The second-order valence-corrected chi connectivity index (χ2v) is 8.32. The molecule has 28 heavy (non-hydrogen) atoms. The molecule has 0 unspecified atom stereocenters. The minimum absolute atomic E-state index is 0.338. The van der Waals surface area contributed by atoms with Crippen LogP contribution in [0.25, 0.3) is 11.1 Å². The van der Waals surface area contributed by atoms with E-state index < -0.39 is 0 Å². The van der Waals surface area contributed by atoms with Crippen LogP contribution in [0.4, 0.5) is 5.82 Å². The van der Waals surface area contributed by atoms with Gasteiger partial charge in [-0.3, -0.25) is 0 Å². The van der Waals surface area contributed by atoms with Crippen LogP contribution in [0.5, 0.6) is 5.75 Å². The summed E-state index contributed by atoms with van der Waals surface area (Å²) >= 11 is 3.52. The van der Waals surface area contributed by atoms with Crippen molar-refractivity contribution in [3.63, 3.8) is 0 Å². The number of rotatable bonds is 2. The fraction of sp³-hybridized carbons (Fsp3) is 0.478. The van der Waals surface area contributed by atoms with Crippen molar-refractivity contribution in [3.05, 3.63) is 39.5 Å². The Labute approximate surface area is 176 Å². The van der Waals surface area contributed by atoms with Crippen molar-refractivity contribution in [2.24, 2.45) is 0 Å². The van der Waals surface area contributed by atoms with Crippen molar-refractivity contribution >= 4 is 21.7 Å². The minimum Gasteiger partial charge on any atom is -0.496 e. The number of aromatic nitrogens is 1. The number of methoxy groups -OCH3 is 1. The number of ether oxygens (including phenoxy) is 1. The Hall–Kier alpha value is -2.06. The number of nitrogens with zero attached hydrogens (tertiary/aromatic N) is 2. The average molecular weight is 442 g/mol. The molecular weight excluding hydrogens is 414 g/mol. The molecule has 0 radical (unpaired) electrons. The second-order valence-electron chi connectivity index (χ2n) is 7.46.